The van der Waals surface area contributed by atoms with E-state index in [9.17, 15) is 4.79 Å². The van der Waals surface area contributed by atoms with Crippen LogP contribution in [0.3, 0.4) is 0 Å². The van der Waals surface area contributed by atoms with Crippen molar-refractivity contribution < 1.29 is 4.79 Å². The van der Waals surface area contributed by atoms with Crippen molar-refractivity contribution in [3.8, 4) is 0 Å². The Bertz CT molecular complexity index is 328. The topological polar surface area (TPSA) is 46.9 Å². The van der Waals surface area contributed by atoms with Gasteiger partial charge in [0.15, 0.2) is 0 Å². The maximum atomic E-state index is 11.0. The molecule has 0 fully saturated rings. The molecule has 1 aromatic rings. The van der Waals surface area contributed by atoms with Crippen LogP contribution in [-0.2, 0) is 11.3 Å². The first-order chi connectivity index (χ1) is 6.17. The number of hydrogen-bond acceptors (Lipinski definition) is 2. The van der Waals surface area contributed by atoms with E-state index in [1.165, 1.54) is 6.08 Å². The molecule has 0 spiro atoms. The first kappa shape index (κ1) is 9.51. The molecule has 0 radical (unpaired) electrons. The minimum Gasteiger partial charge on any atom is -0.307 e. The second-order valence-corrected chi connectivity index (χ2v) is 2.68. The molecule has 4 nitrogen and oxygen atoms in total. The lowest BCUT2D eigenvalue weighted by molar-refractivity contribution is -0.111. The van der Waals surface area contributed by atoms with Crippen LogP contribution in [0.5, 0.6) is 0 Å². The maximum absolute atomic E-state index is 11.0. The first-order valence-corrected chi connectivity index (χ1v) is 4.15. The number of rotatable bonds is 3. The van der Waals surface area contributed by atoms with Crippen LogP contribution in [0.4, 0.5) is 5.82 Å². The lowest BCUT2D eigenvalue weighted by atomic mass is 10.4. The van der Waals surface area contributed by atoms with Crippen LogP contribution >= 0.6 is 0 Å². The Morgan fingerprint density at radius 1 is 1.85 bits per heavy atom. The van der Waals surface area contributed by atoms with E-state index >= 15 is 0 Å². The zero-order valence-corrected chi connectivity index (χ0v) is 7.87. The second kappa shape index (κ2) is 3.89. The molecule has 0 atom stereocenters. The van der Waals surface area contributed by atoms with Crippen LogP contribution in [0, 0.1) is 6.92 Å². The Hall–Kier alpha value is -1.58. The largest absolute Gasteiger partial charge is 0.307 e. The van der Waals surface area contributed by atoms with Crippen molar-refractivity contribution in [3.05, 3.63) is 24.4 Å². The third-order valence-electron chi connectivity index (χ3n) is 1.64. The molecule has 1 amide bonds. The summed E-state index contributed by atoms with van der Waals surface area (Å²) in [5.41, 5.74) is 0.890. The molecule has 0 aliphatic heterocycles. The van der Waals surface area contributed by atoms with Crippen LogP contribution in [-0.4, -0.2) is 15.7 Å². The summed E-state index contributed by atoms with van der Waals surface area (Å²) in [5, 5.41) is 6.86. The lowest BCUT2D eigenvalue weighted by Crippen LogP contribution is -2.12. The van der Waals surface area contributed by atoms with Gasteiger partial charge in [-0.1, -0.05) is 6.58 Å². The number of nitrogens with zero attached hydrogens (tertiary/aromatic N) is 2. The standard InChI is InChI=1S/C9H13N3O/c1-4-9(13)10-8-6-7(3)11-12(8)5-2/h4,6H,1,5H2,2-3H3,(H,10,13). The van der Waals surface area contributed by atoms with E-state index in [0.717, 1.165) is 12.2 Å². The summed E-state index contributed by atoms with van der Waals surface area (Å²) in [4.78, 5) is 11.0. The molecule has 70 valence electrons. The van der Waals surface area contributed by atoms with Crippen LogP contribution in [0.2, 0.25) is 0 Å². The lowest BCUT2D eigenvalue weighted by Gasteiger charge is -2.03. The predicted molar refractivity (Wildman–Crippen MR) is 51.5 cm³/mol. The van der Waals surface area contributed by atoms with Gasteiger partial charge in [-0.15, -0.1) is 0 Å². The van der Waals surface area contributed by atoms with Gasteiger partial charge in [-0.2, -0.15) is 5.10 Å². The molecule has 0 saturated heterocycles. The number of nitrogens with one attached hydrogen (secondary N) is 1. The van der Waals surface area contributed by atoms with E-state index in [2.05, 4.69) is 17.0 Å². The van der Waals surface area contributed by atoms with Crippen molar-refractivity contribution in [2.45, 2.75) is 20.4 Å². The van der Waals surface area contributed by atoms with Gasteiger partial charge in [-0.3, -0.25) is 4.79 Å². The fourth-order valence-electron chi connectivity index (χ4n) is 1.06. The number of amides is 1. The molecule has 1 N–H and O–H groups in total. The molecular formula is C9H13N3O. The molecular weight excluding hydrogens is 166 g/mol. The Morgan fingerprint density at radius 2 is 2.54 bits per heavy atom. The van der Waals surface area contributed by atoms with Gasteiger partial charge in [0.2, 0.25) is 5.91 Å². The second-order valence-electron chi connectivity index (χ2n) is 2.68. The summed E-state index contributed by atoms with van der Waals surface area (Å²) in [6, 6.07) is 1.82. The number of anilines is 1. The van der Waals surface area contributed by atoms with Crippen LogP contribution < -0.4 is 5.32 Å². The highest BCUT2D eigenvalue weighted by molar-refractivity contribution is 5.98. The van der Waals surface area contributed by atoms with Crippen molar-refractivity contribution in [2.75, 3.05) is 5.32 Å². The number of carbonyl (C=O) groups excluding carboxylic acids is 1. The molecule has 0 aliphatic rings. The van der Waals surface area contributed by atoms with Crippen molar-refractivity contribution >= 4 is 11.7 Å². The van der Waals surface area contributed by atoms with Gasteiger partial charge in [-0.05, 0) is 19.9 Å². The highest BCUT2D eigenvalue weighted by Crippen LogP contribution is 2.09. The Kier molecular flexibility index (Phi) is 2.84. The molecule has 0 unspecified atom stereocenters. The molecule has 0 saturated carbocycles. The van der Waals surface area contributed by atoms with E-state index in [1.807, 2.05) is 19.9 Å². The van der Waals surface area contributed by atoms with Gasteiger partial charge in [-0.25, -0.2) is 4.68 Å². The number of aromatic nitrogens is 2. The predicted octanol–water partition coefficient (Wildman–Crippen LogP) is 1.34. The van der Waals surface area contributed by atoms with E-state index in [-0.39, 0.29) is 5.91 Å². The normalized spacial score (nSPS) is 9.69. The Balaban J connectivity index is 2.86. The first-order valence-electron chi connectivity index (χ1n) is 4.15. The molecule has 1 aromatic heterocycles. The minimum atomic E-state index is -0.213. The highest BCUT2D eigenvalue weighted by atomic mass is 16.1. The highest BCUT2D eigenvalue weighted by Gasteiger charge is 2.04. The SMILES string of the molecule is C=CC(=O)Nc1cc(C)nn1CC. The Labute approximate surface area is 77.3 Å². The molecule has 1 heterocycles. The van der Waals surface area contributed by atoms with Crippen molar-refractivity contribution in [3.63, 3.8) is 0 Å². The summed E-state index contributed by atoms with van der Waals surface area (Å²) in [7, 11) is 0. The average Bonchev–Trinajstić information content (AvgIpc) is 2.46. The smallest absolute Gasteiger partial charge is 0.248 e. The fourth-order valence-corrected chi connectivity index (χ4v) is 1.06. The third-order valence-corrected chi connectivity index (χ3v) is 1.64. The van der Waals surface area contributed by atoms with Gasteiger partial charge < -0.3 is 5.32 Å². The van der Waals surface area contributed by atoms with Gasteiger partial charge in [0, 0.05) is 12.6 Å². The van der Waals surface area contributed by atoms with Crippen molar-refractivity contribution in [2.24, 2.45) is 0 Å². The number of hydrogen-bond donors (Lipinski definition) is 1. The molecule has 0 aliphatic carbocycles. The summed E-state index contributed by atoms with van der Waals surface area (Å²) in [6.45, 7) is 7.97. The molecule has 0 aromatic carbocycles. The van der Waals surface area contributed by atoms with Gasteiger partial charge in [0.1, 0.15) is 5.82 Å². The third kappa shape index (κ3) is 2.18. The van der Waals surface area contributed by atoms with E-state index in [1.54, 1.807) is 4.68 Å². The zero-order chi connectivity index (χ0) is 9.84. The van der Waals surface area contributed by atoms with E-state index in [0.29, 0.717) is 5.82 Å². The Morgan fingerprint density at radius 3 is 3.08 bits per heavy atom. The average molecular weight is 179 g/mol. The summed E-state index contributed by atoms with van der Waals surface area (Å²) in [6.07, 6.45) is 1.24. The van der Waals surface area contributed by atoms with Crippen LogP contribution in [0.25, 0.3) is 0 Å². The number of aryl methyl sites for hydroxylation is 2. The van der Waals surface area contributed by atoms with Gasteiger partial charge in [0.25, 0.3) is 0 Å². The zero-order valence-electron chi connectivity index (χ0n) is 7.87. The van der Waals surface area contributed by atoms with Crippen molar-refractivity contribution in [1.29, 1.82) is 0 Å². The van der Waals surface area contributed by atoms with E-state index < -0.39 is 0 Å². The quantitative estimate of drug-likeness (QED) is 0.712. The van der Waals surface area contributed by atoms with E-state index in [4.69, 9.17) is 0 Å². The maximum Gasteiger partial charge on any atom is 0.248 e. The van der Waals surface area contributed by atoms with Crippen molar-refractivity contribution in [1.82, 2.24) is 9.78 Å². The number of carbonyl (C=O) groups is 1. The molecule has 4 heteroatoms. The summed E-state index contributed by atoms with van der Waals surface area (Å²) < 4.78 is 1.73. The van der Waals surface area contributed by atoms with Gasteiger partial charge in [0.05, 0.1) is 5.69 Å². The molecule has 0 bridgehead atoms. The summed E-state index contributed by atoms with van der Waals surface area (Å²) >= 11 is 0. The molecule has 13 heavy (non-hydrogen) atoms. The van der Waals surface area contributed by atoms with Crippen LogP contribution in [0.15, 0.2) is 18.7 Å². The molecule has 1 rings (SSSR count). The summed E-state index contributed by atoms with van der Waals surface area (Å²) in [5.74, 6) is 0.500. The minimum absolute atomic E-state index is 0.213. The monoisotopic (exact) mass is 179 g/mol. The fraction of sp³-hybridized carbons (Fsp3) is 0.333. The van der Waals surface area contributed by atoms with Crippen LogP contribution in [0.1, 0.15) is 12.6 Å². The van der Waals surface area contributed by atoms with Gasteiger partial charge >= 0.3 is 0 Å².